The lowest BCUT2D eigenvalue weighted by atomic mass is 9.97. The molecule has 1 aliphatic rings. The Kier molecular flexibility index (Phi) is 8.77. The third kappa shape index (κ3) is 6.53. The van der Waals surface area contributed by atoms with Crippen molar-refractivity contribution in [1.82, 2.24) is 9.88 Å². The van der Waals surface area contributed by atoms with Crippen molar-refractivity contribution in [2.45, 2.75) is 38.0 Å². The van der Waals surface area contributed by atoms with Crippen molar-refractivity contribution in [2.24, 2.45) is 0 Å². The summed E-state index contributed by atoms with van der Waals surface area (Å²) in [6.07, 6.45) is 3.61. The molecule has 1 aliphatic heterocycles. The van der Waals surface area contributed by atoms with Crippen molar-refractivity contribution in [3.63, 3.8) is 0 Å². The normalized spacial score (nSPS) is 13.9. The number of methoxy groups -OCH3 is 1. The second-order valence-corrected chi connectivity index (χ2v) is 10.0. The summed E-state index contributed by atoms with van der Waals surface area (Å²) in [6, 6.07) is 13.6. The van der Waals surface area contributed by atoms with Crippen LogP contribution in [0.2, 0.25) is 0 Å². The Bertz CT molecular complexity index is 1220. The van der Waals surface area contributed by atoms with Crippen molar-refractivity contribution in [2.75, 3.05) is 25.5 Å². The van der Waals surface area contributed by atoms with E-state index in [1.807, 2.05) is 24.3 Å². The summed E-state index contributed by atoms with van der Waals surface area (Å²) in [5.74, 6) is -0.492. The van der Waals surface area contributed by atoms with Crippen molar-refractivity contribution < 1.29 is 18.7 Å². The summed E-state index contributed by atoms with van der Waals surface area (Å²) in [7, 11) is 1.39. The van der Waals surface area contributed by atoms with Gasteiger partial charge in [0.25, 0.3) is 5.91 Å². The minimum atomic E-state index is -0.304. The van der Waals surface area contributed by atoms with E-state index in [1.165, 1.54) is 30.6 Å². The Hall–Kier alpha value is -3.17. The van der Waals surface area contributed by atoms with Crippen LogP contribution in [-0.2, 0) is 9.53 Å². The predicted octanol–water partition coefficient (Wildman–Crippen LogP) is 6.05. The lowest BCUT2D eigenvalue weighted by molar-refractivity contribution is -0.140. The number of amides is 1. The predicted molar refractivity (Wildman–Crippen MR) is 144 cm³/mol. The molecule has 1 amide bonds. The Balaban J connectivity index is 1.33. The fourth-order valence-electron chi connectivity index (χ4n) is 4.26. The number of nitrogens with zero attached hydrogens (tertiary/aromatic N) is 2. The molecular weight excluding hydrogens is 497 g/mol. The molecule has 3 aromatic rings. The number of carbonyl (C=O) groups is 2. The van der Waals surface area contributed by atoms with Gasteiger partial charge < -0.3 is 15.0 Å². The van der Waals surface area contributed by atoms with Crippen molar-refractivity contribution in [3.05, 3.63) is 70.4 Å². The number of rotatable bonds is 8. The smallest absolute Gasteiger partial charge is 0.305 e. The van der Waals surface area contributed by atoms with E-state index in [2.05, 4.69) is 19.9 Å². The first-order valence-corrected chi connectivity index (χ1v) is 13.2. The zero-order chi connectivity index (χ0) is 25.5. The van der Waals surface area contributed by atoms with Gasteiger partial charge in [0, 0.05) is 42.1 Å². The molecule has 1 saturated heterocycles. The number of para-hydroxylation sites is 1. The van der Waals surface area contributed by atoms with Gasteiger partial charge in [0.15, 0.2) is 0 Å². The molecule has 1 N–H and O–H groups in total. The highest BCUT2D eigenvalue weighted by molar-refractivity contribution is 7.80. The van der Waals surface area contributed by atoms with E-state index in [9.17, 15) is 14.0 Å². The molecule has 1 fully saturated rings. The number of carbonyl (C=O) groups excluding carboxylic acids is 2. The number of hydrogen-bond acceptors (Lipinski definition) is 6. The van der Waals surface area contributed by atoms with Crippen LogP contribution in [0.25, 0.3) is 11.1 Å². The molecule has 0 bridgehead atoms. The summed E-state index contributed by atoms with van der Waals surface area (Å²) < 4.78 is 18.0. The highest BCUT2D eigenvalue weighted by Crippen LogP contribution is 2.32. The number of piperidine rings is 1. The van der Waals surface area contributed by atoms with Crippen molar-refractivity contribution in [1.29, 1.82) is 0 Å². The number of halogens is 1. The van der Waals surface area contributed by atoms with Crippen LogP contribution in [0.3, 0.4) is 0 Å². The largest absolute Gasteiger partial charge is 0.469 e. The van der Waals surface area contributed by atoms with Crippen LogP contribution in [0.15, 0.2) is 53.9 Å². The number of thiazole rings is 1. The summed E-state index contributed by atoms with van der Waals surface area (Å²) in [5.41, 5.74) is 2.68. The number of hydrogen-bond donors (Lipinski definition) is 1. The third-order valence-electron chi connectivity index (χ3n) is 6.28. The molecule has 4 rings (SSSR count). The average molecular weight is 526 g/mol. The van der Waals surface area contributed by atoms with Crippen LogP contribution in [0.1, 0.15) is 53.5 Å². The molecule has 2 heterocycles. The van der Waals surface area contributed by atoms with Gasteiger partial charge in [-0.1, -0.05) is 42.5 Å². The monoisotopic (exact) mass is 525 g/mol. The second kappa shape index (κ2) is 12.2. The molecule has 2 aromatic carbocycles. The minimum absolute atomic E-state index is 0.209. The SMILES string of the molecule is COC(=O)CCCC(=S)N1CCC(c2nc(C(=O)Nc3ccccc3-c3ccc(F)cc3)cs2)CC1. The van der Waals surface area contributed by atoms with Gasteiger partial charge in [0.05, 0.1) is 17.1 Å². The number of benzene rings is 2. The number of nitrogens with one attached hydrogen (secondary N) is 1. The van der Waals surface area contributed by atoms with Gasteiger partial charge in [0.1, 0.15) is 11.5 Å². The van der Waals surface area contributed by atoms with E-state index in [-0.39, 0.29) is 23.6 Å². The number of thiocarbonyl (C=S) groups is 1. The molecule has 0 aliphatic carbocycles. The minimum Gasteiger partial charge on any atom is -0.469 e. The van der Waals surface area contributed by atoms with Gasteiger partial charge in [-0.05, 0) is 49.4 Å². The van der Waals surface area contributed by atoms with Crippen LogP contribution >= 0.6 is 23.6 Å². The number of anilines is 1. The van der Waals surface area contributed by atoms with Crippen LogP contribution < -0.4 is 5.32 Å². The fraction of sp³-hybridized carbons (Fsp3) is 0.333. The van der Waals surface area contributed by atoms with E-state index in [0.29, 0.717) is 30.6 Å². The molecule has 0 unspecified atom stereocenters. The van der Waals surface area contributed by atoms with E-state index in [1.54, 1.807) is 17.5 Å². The molecule has 0 atom stereocenters. The van der Waals surface area contributed by atoms with Crippen LogP contribution in [-0.4, -0.2) is 46.9 Å². The van der Waals surface area contributed by atoms with Gasteiger partial charge in [-0.25, -0.2) is 9.37 Å². The zero-order valence-electron chi connectivity index (χ0n) is 20.0. The molecule has 36 heavy (non-hydrogen) atoms. The molecule has 188 valence electrons. The summed E-state index contributed by atoms with van der Waals surface area (Å²) >= 11 is 7.07. The summed E-state index contributed by atoms with van der Waals surface area (Å²) in [6.45, 7) is 1.68. The first kappa shape index (κ1) is 25.9. The maximum Gasteiger partial charge on any atom is 0.305 e. The van der Waals surface area contributed by atoms with Gasteiger partial charge in [-0.3, -0.25) is 9.59 Å². The fourth-order valence-corrected chi connectivity index (χ4v) is 5.56. The van der Waals surface area contributed by atoms with Gasteiger partial charge >= 0.3 is 5.97 Å². The topological polar surface area (TPSA) is 71.5 Å². The number of esters is 1. The molecule has 9 heteroatoms. The average Bonchev–Trinajstić information content (AvgIpc) is 3.40. The van der Waals surface area contributed by atoms with Crippen LogP contribution in [0.5, 0.6) is 0 Å². The Morgan fingerprint density at radius 2 is 1.86 bits per heavy atom. The van der Waals surface area contributed by atoms with Gasteiger partial charge in [0.2, 0.25) is 0 Å². The first-order chi connectivity index (χ1) is 17.4. The first-order valence-electron chi connectivity index (χ1n) is 11.9. The van der Waals surface area contributed by atoms with Crippen molar-refractivity contribution in [3.8, 4) is 11.1 Å². The molecule has 0 spiro atoms. The Labute approximate surface area is 219 Å². The highest BCUT2D eigenvalue weighted by Gasteiger charge is 2.25. The van der Waals surface area contributed by atoms with Gasteiger partial charge in [-0.2, -0.15) is 0 Å². The highest BCUT2D eigenvalue weighted by atomic mass is 32.1. The van der Waals surface area contributed by atoms with E-state index in [4.69, 9.17) is 12.2 Å². The van der Waals surface area contributed by atoms with E-state index in [0.717, 1.165) is 47.1 Å². The molecule has 0 saturated carbocycles. The Morgan fingerprint density at radius 3 is 2.58 bits per heavy atom. The van der Waals surface area contributed by atoms with Crippen LogP contribution in [0, 0.1) is 5.82 Å². The van der Waals surface area contributed by atoms with Gasteiger partial charge in [-0.15, -0.1) is 11.3 Å². The second-order valence-electron chi connectivity index (χ2n) is 8.66. The standard InChI is InChI=1S/C27H28FN3O3S2/c1-34-25(32)8-4-7-24(35)31-15-13-19(14-16-31)27-30-23(17-36-27)26(33)29-22-6-3-2-5-21(22)18-9-11-20(28)12-10-18/h2-3,5-6,9-12,17,19H,4,7-8,13-16H2,1H3,(H,29,33). The quantitative estimate of drug-likeness (QED) is 0.285. The molecule has 1 aromatic heterocycles. The van der Waals surface area contributed by atoms with Crippen molar-refractivity contribution >= 4 is 46.1 Å². The Morgan fingerprint density at radius 1 is 1.14 bits per heavy atom. The van der Waals surface area contributed by atoms with Crippen LogP contribution in [0.4, 0.5) is 10.1 Å². The molecule has 0 radical (unpaired) electrons. The zero-order valence-corrected chi connectivity index (χ0v) is 21.7. The third-order valence-corrected chi connectivity index (χ3v) is 7.75. The van der Waals surface area contributed by atoms with E-state index >= 15 is 0 Å². The number of likely N-dealkylation sites (tertiary alicyclic amines) is 1. The number of aromatic nitrogens is 1. The maximum atomic E-state index is 13.3. The number of ether oxygens (including phenoxy) is 1. The lowest BCUT2D eigenvalue weighted by Gasteiger charge is -2.33. The van der Waals surface area contributed by atoms with E-state index < -0.39 is 0 Å². The summed E-state index contributed by atoms with van der Waals surface area (Å²) in [5, 5.41) is 5.72. The summed E-state index contributed by atoms with van der Waals surface area (Å²) in [4.78, 5) is 32.0. The lowest BCUT2D eigenvalue weighted by Crippen LogP contribution is -2.36. The molecular formula is C27H28FN3O3S2. The maximum absolute atomic E-state index is 13.3. The molecule has 6 nitrogen and oxygen atoms in total.